The SMILES string of the molecule is CS(=O)(=O)c1ccc(N2CCN(Cc3cc4c(c5ccccc35)CN([C@H]3CCCC[C@@H]3O)C4=O)CC2)cc1. The van der Waals surface area contributed by atoms with Gasteiger partial charge in [0, 0.05) is 56.8 Å². The summed E-state index contributed by atoms with van der Waals surface area (Å²) in [5, 5.41) is 13.0. The molecule has 8 heteroatoms. The summed E-state index contributed by atoms with van der Waals surface area (Å²) in [5.74, 6) is 0.0558. The largest absolute Gasteiger partial charge is 0.391 e. The van der Waals surface area contributed by atoms with E-state index in [4.69, 9.17) is 0 Å². The Morgan fingerprint density at radius 1 is 0.921 bits per heavy atom. The van der Waals surface area contributed by atoms with Crippen LogP contribution >= 0.6 is 0 Å². The van der Waals surface area contributed by atoms with Crippen LogP contribution in [0.15, 0.2) is 59.5 Å². The van der Waals surface area contributed by atoms with E-state index < -0.39 is 15.9 Å². The van der Waals surface area contributed by atoms with Crippen LogP contribution in [0.2, 0.25) is 0 Å². The van der Waals surface area contributed by atoms with Crippen molar-refractivity contribution in [3.8, 4) is 0 Å². The van der Waals surface area contributed by atoms with Gasteiger partial charge in [-0.25, -0.2) is 8.42 Å². The Labute approximate surface area is 224 Å². The van der Waals surface area contributed by atoms with Crippen LogP contribution in [0.25, 0.3) is 10.8 Å². The number of anilines is 1. The molecule has 2 fully saturated rings. The number of fused-ring (bicyclic) bond motifs is 3. The smallest absolute Gasteiger partial charge is 0.254 e. The number of carbonyl (C=O) groups is 1. The van der Waals surface area contributed by atoms with Crippen molar-refractivity contribution in [1.82, 2.24) is 9.80 Å². The van der Waals surface area contributed by atoms with Crippen molar-refractivity contribution < 1.29 is 18.3 Å². The Kier molecular flexibility index (Phi) is 6.66. The Morgan fingerprint density at radius 2 is 1.61 bits per heavy atom. The molecule has 1 saturated carbocycles. The van der Waals surface area contributed by atoms with Crippen LogP contribution in [0.3, 0.4) is 0 Å². The van der Waals surface area contributed by atoms with Gasteiger partial charge in [-0.1, -0.05) is 37.1 Å². The predicted molar refractivity (Wildman–Crippen MR) is 149 cm³/mol. The molecule has 200 valence electrons. The molecule has 2 atom stereocenters. The molecule has 1 aliphatic carbocycles. The third-order valence-electron chi connectivity index (χ3n) is 8.55. The number of rotatable bonds is 5. The zero-order valence-corrected chi connectivity index (χ0v) is 22.7. The van der Waals surface area contributed by atoms with Gasteiger partial charge in [0.05, 0.1) is 17.0 Å². The minimum atomic E-state index is -3.20. The van der Waals surface area contributed by atoms with Crippen LogP contribution < -0.4 is 4.90 Å². The number of piperazine rings is 1. The minimum Gasteiger partial charge on any atom is -0.391 e. The fourth-order valence-corrected chi connectivity index (χ4v) is 7.06. The summed E-state index contributed by atoms with van der Waals surface area (Å²) in [6.07, 6.45) is 4.51. The summed E-state index contributed by atoms with van der Waals surface area (Å²) < 4.78 is 23.6. The molecule has 1 amide bonds. The van der Waals surface area contributed by atoms with E-state index in [1.54, 1.807) is 12.1 Å². The number of amides is 1. The Morgan fingerprint density at radius 3 is 2.29 bits per heavy atom. The lowest BCUT2D eigenvalue weighted by Gasteiger charge is -2.36. The van der Waals surface area contributed by atoms with E-state index in [1.165, 1.54) is 17.2 Å². The number of aliphatic hydroxyl groups is 1. The van der Waals surface area contributed by atoms with Crippen LogP contribution in [0.1, 0.15) is 47.2 Å². The molecule has 3 aromatic rings. The average Bonchev–Trinajstić information content (AvgIpc) is 3.25. The highest BCUT2D eigenvalue weighted by atomic mass is 32.2. The maximum absolute atomic E-state index is 13.6. The molecule has 1 N–H and O–H groups in total. The number of hydrogen-bond donors (Lipinski definition) is 1. The monoisotopic (exact) mass is 533 g/mol. The van der Waals surface area contributed by atoms with Crippen molar-refractivity contribution in [3.63, 3.8) is 0 Å². The van der Waals surface area contributed by atoms with Crippen LogP contribution in [0.4, 0.5) is 5.69 Å². The third kappa shape index (κ3) is 4.70. The number of sulfone groups is 1. The maximum atomic E-state index is 13.6. The highest BCUT2D eigenvalue weighted by molar-refractivity contribution is 7.90. The standard InChI is InChI=1S/C30H35N3O4S/c1-38(36,37)23-12-10-22(11-13-23)32-16-14-31(15-17-32)19-21-18-26-27(25-7-3-2-6-24(21)25)20-33(30(26)35)28-8-4-5-9-29(28)34/h2-3,6-7,10-13,18,28-29,34H,4-5,8-9,14-17,19-20H2,1H3/t28-,29-/m0/s1. The number of carbonyl (C=O) groups excluding carboxylic acids is 1. The minimum absolute atomic E-state index is 0.0558. The molecule has 2 heterocycles. The normalized spacial score (nSPS) is 22.7. The van der Waals surface area contributed by atoms with Crippen molar-refractivity contribution >= 4 is 32.2 Å². The summed E-state index contributed by atoms with van der Waals surface area (Å²) in [6.45, 7) is 4.82. The van der Waals surface area contributed by atoms with E-state index in [2.05, 4.69) is 34.1 Å². The van der Waals surface area contributed by atoms with Gasteiger partial charge in [0.15, 0.2) is 9.84 Å². The molecule has 3 aromatic carbocycles. The zero-order valence-electron chi connectivity index (χ0n) is 21.8. The second kappa shape index (κ2) is 9.98. The van der Waals surface area contributed by atoms with Gasteiger partial charge in [0.25, 0.3) is 5.91 Å². The number of aliphatic hydroxyl groups excluding tert-OH is 1. The van der Waals surface area contributed by atoms with E-state index in [9.17, 15) is 18.3 Å². The highest BCUT2D eigenvalue weighted by Crippen LogP contribution is 2.37. The van der Waals surface area contributed by atoms with Gasteiger partial charge in [0.2, 0.25) is 0 Å². The molecule has 3 aliphatic rings. The Bertz CT molecular complexity index is 1460. The van der Waals surface area contributed by atoms with Crippen molar-refractivity contribution in [1.29, 1.82) is 0 Å². The quantitative estimate of drug-likeness (QED) is 0.537. The van der Waals surface area contributed by atoms with Gasteiger partial charge in [-0.3, -0.25) is 9.69 Å². The van der Waals surface area contributed by atoms with Gasteiger partial charge in [-0.15, -0.1) is 0 Å². The van der Waals surface area contributed by atoms with Crippen molar-refractivity contribution in [3.05, 3.63) is 71.3 Å². The first kappa shape index (κ1) is 25.3. The Hall–Kier alpha value is -2.94. The first-order valence-electron chi connectivity index (χ1n) is 13.6. The molecule has 0 bridgehead atoms. The van der Waals surface area contributed by atoms with E-state index in [-0.39, 0.29) is 11.9 Å². The Balaban J connectivity index is 1.20. The summed E-state index contributed by atoms with van der Waals surface area (Å²) in [6, 6.07) is 17.5. The topological polar surface area (TPSA) is 81.2 Å². The van der Waals surface area contributed by atoms with Gasteiger partial charge >= 0.3 is 0 Å². The van der Waals surface area contributed by atoms with Crippen LogP contribution in [0.5, 0.6) is 0 Å². The second-order valence-corrected chi connectivity index (χ2v) is 13.0. The van der Waals surface area contributed by atoms with Gasteiger partial charge in [-0.05, 0) is 65.1 Å². The molecular formula is C30H35N3O4S. The van der Waals surface area contributed by atoms with Gasteiger partial charge in [-0.2, -0.15) is 0 Å². The third-order valence-corrected chi connectivity index (χ3v) is 9.68. The van der Waals surface area contributed by atoms with Crippen molar-refractivity contribution in [2.45, 2.75) is 55.8 Å². The lowest BCUT2D eigenvalue weighted by atomic mass is 9.91. The van der Waals surface area contributed by atoms with E-state index >= 15 is 0 Å². The second-order valence-electron chi connectivity index (χ2n) is 11.0. The molecular weight excluding hydrogens is 498 g/mol. The summed E-state index contributed by atoms with van der Waals surface area (Å²) in [4.78, 5) is 20.5. The zero-order chi connectivity index (χ0) is 26.4. The van der Waals surface area contributed by atoms with Crippen molar-refractivity contribution in [2.75, 3.05) is 37.3 Å². The van der Waals surface area contributed by atoms with E-state index in [0.29, 0.717) is 11.4 Å². The highest BCUT2D eigenvalue weighted by Gasteiger charge is 2.38. The number of hydrogen-bond acceptors (Lipinski definition) is 6. The average molecular weight is 534 g/mol. The van der Waals surface area contributed by atoms with E-state index in [1.807, 2.05) is 23.1 Å². The first-order valence-corrected chi connectivity index (χ1v) is 15.5. The number of benzene rings is 3. The predicted octanol–water partition coefficient (Wildman–Crippen LogP) is 3.82. The molecule has 0 spiro atoms. The lowest BCUT2D eigenvalue weighted by molar-refractivity contribution is 0.0192. The molecule has 0 aromatic heterocycles. The number of nitrogens with zero attached hydrogens (tertiary/aromatic N) is 3. The summed E-state index contributed by atoms with van der Waals surface area (Å²) in [7, 11) is -3.20. The van der Waals surface area contributed by atoms with Crippen LogP contribution in [-0.4, -0.2) is 73.8 Å². The fourth-order valence-electron chi connectivity index (χ4n) is 6.43. The molecule has 7 nitrogen and oxygen atoms in total. The molecule has 2 aliphatic heterocycles. The maximum Gasteiger partial charge on any atom is 0.254 e. The molecule has 6 rings (SSSR count). The summed E-state index contributed by atoms with van der Waals surface area (Å²) >= 11 is 0. The molecule has 0 unspecified atom stereocenters. The molecule has 38 heavy (non-hydrogen) atoms. The van der Waals surface area contributed by atoms with Gasteiger partial charge in [0.1, 0.15) is 0 Å². The molecule has 0 radical (unpaired) electrons. The lowest BCUT2D eigenvalue weighted by Crippen LogP contribution is -2.46. The molecule has 1 saturated heterocycles. The van der Waals surface area contributed by atoms with Crippen LogP contribution in [0, 0.1) is 0 Å². The van der Waals surface area contributed by atoms with E-state index in [0.717, 1.165) is 80.6 Å². The first-order chi connectivity index (χ1) is 18.3. The summed E-state index contributed by atoms with van der Waals surface area (Å²) in [5.41, 5.74) is 4.09. The fraction of sp³-hybridized carbons (Fsp3) is 0.433. The van der Waals surface area contributed by atoms with Crippen LogP contribution in [-0.2, 0) is 22.9 Å². The van der Waals surface area contributed by atoms with Gasteiger partial charge < -0.3 is 14.9 Å². The van der Waals surface area contributed by atoms with Crippen molar-refractivity contribution in [2.24, 2.45) is 0 Å².